The van der Waals surface area contributed by atoms with Crippen LogP contribution < -0.4 is 4.90 Å². The summed E-state index contributed by atoms with van der Waals surface area (Å²) in [6.45, 7) is 1.95. The molecule has 0 spiro atoms. The third-order valence-electron chi connectivity index (χ3n) is 3.76. The molecule has 0 saturated carbocycles. The fourth-order valence-corrected chi connectivity index (χ4v) is 2.82. The first kappa shape index (κ1) is 13.3. The van der Waals surface area contributed by atoms with Gasteiger partial charge >= 0.3 is 0 Å². The summed E-state index contributed by atoms with van der Waals surface area (Å²) in [6.07, 6.45) is 0.766. The summed E-state index contributed by atoms with van der Waals surface area (Å²) in [7, 11) is 0. The molecule has 0 fully saturated rings. The first-order valence-electron chi connectivity index (χ1n) is 6.74. The van der Waals surface area contributed by atoms with Crippen molar-refractivity contribution in [3.05, 3.63) is 69.8 Å². The average molecular weight is 282 g/mol. The van der Waals surface area contributed by atoms with E-state index in [2.05, 4.69) is 0 Å². The molecule has 0 saturated heterocycles. The van der Waals surface area contributed by atoms with Crippen molar-refractivity contribution in [2.75, 3.05) is 4.90 Å². The first-order valence-corrected chi connectivity index (χ1v) is 6.74. The Balaban J connectivity index is 2.06. The number of fused-ring (bicyclic) bond motifs is 1. The van der Waals surface area contributed by atoms with E-state index >= 15 is 0 Å². The lowest BCUT2D eigenvalue weighted by molar-refractivity contribution is -0.385. The highest BCUT2D eigenvalue weighted by Gasteiger charge is 2.33. The molecule has 0 N–H and O–H groups in total. The number of nitro groups is 1. The van der Waals surface area contributed by atoms with Crippen LogP contribution >= 0.6 is 0 Å². The number of carbonyl (C=O) groups excluding carboxylic acids is 1. The second kappa shape index (κ2) is 5.01. The van der Waals surface area contributed by atoms with Crippen LogP contribution in [0.4, 0.5) is 11.4 Å². The van der Waals surface area contributed by atoms with Gasteiger partial charge in [0.2, 0.25) is 0 Å². The molecule has 0 radical (unpaired) electrons. The lowest BCUT2D eigenvalue weighted by atomic mass is 10.1. The number of carbonyl (C=O) groups is 1. The summed E-state index contributed by atoms with van der Waals surface area (Å²) in [4.78, 5) is 25.0. The van der Waals surface area contributed by atoms with Crippen LogP contribution in [0, 0.1) is 10.1 Å². The molecule has 1 aliphatic heterocycles. The lowest BCUT2D eigenvalue weighted by Crippen LogP contribution is -2.36. The van der Waals surface area contributed by atoms with Gasteiger partial charge in [-0.05, 0) is 31.0 Å². The maximum atomic E-state index is 12.8. The SMILES string of the molecule is CC1Cc2ccccc2N1C(=O)c1ccccc1[N+](=O)[O-]. The van der Waals surface area contributed by atoms with Gasteiger partial charge < -0.3 is 4.90 Å². The Labute approximate surface area is 122 Å². The van der Waals surface area contributed by atoms with Crippen LogP contribution in [-0.4, -0.2) is 16.9 Å². The number of hydrogen-bond acceptors (Lipinski definition) is 3. The zero-order chi connectivity index (χ0) is 15.0. The first-order chi connectivity index (χ1) is 10.1. The molecule has 5 heteroatoms. The number of anilines is 1. The number of nitrogens with zero attached hydrogens (tertiary/aromatic N) is 2. The van der Waals surface area contributed by atoms with Crippen molar-refractivity contribution < 1.29 is 9.72 Å². The van der Waals surface area contributed by atoms with Gasteiger partial charge in [0.1, 0.15) is 5.56 Å². The Morgan fingerprint density at radius 3 is 2.62 bits per heavy atom. The third-order valence-corrected chi connectivity index (χ3v) is 3.76. The Morgan fingerprint density at radius 1 is 1.19 bits per heavy atom. The molecule has 0 aliphatic carbocycles. The van der Waals surface area contributed by atoms with Crippen molar-refractivity contribution in [3.63, 3.8) is 0 Å². The quantitative estimate of drug-likeness (QED) is 0.627. The Bertz CT molecular complexity index is 727. The minimum Gasteiger partial charge on any atom is -0.305 e. The van der Waals surface area contributed by atoms with Gasteiger partial charge in [-0.2, -0.15) is 0 Å². The van der Waals surface area contributed by atoms with E-state index in [4.69, 9.17) is 0 Å². The Hall–Kier alpha value is -2.69. The molecule has 1 atom stereocenters. The molecular weight excluding hydrogens is 268 g/mol. The molecule has 2 aromatic rings. The van der Waals surface area contributed by atoms with Gasteiger partial charge in [0.15, 0.2) is 0 Å². The fourth-order valence-electron chi connectivity index (χ4n) is 2.82. The van der Waals surface area contributed by atoms with E-state index in [9.17, 15) is 14.9 Å². The molecule has 2 aromatic carbocycles. The van der Waals surface area contributed by atoms with Crippen molar-refractivity contribution >= 4 is 17.3 Å². The highest BCUT2D eigenvalue weighted by Crippen LogP contribution is 2.34. The third kappa shape index (κ3) is 2.16. The maximum Gasteiger partial charge on any atom is 0.282 e. The minimum absolute atomic E-state index is 0.00490. The average Bonchev–Trinajstić information content (AvgIpc) is 2.82. The highest BCUT2D eigenvalue weighted by atomic mass is 16.6. The zero-order valence-corrected chi connectivity index (χ0v) is 11.5. The summed E-state index contributed by atoms with van der Waals surface area (Å²) in [5.41, 5.74) is 1.91. The maximum absolute atomic E-state index is 12.8. The van der Waals surface area contributed by atoms with Gasteiger partial charge in [-0.25, -0.2) is 0 Å². The summed E-state index contributed by atoms with van der Waals surface area (Å²) in [6, 6.07) is 13.7. The molecule has 3 rings (SSSR count). The van der Waals surface area contributed by atoms with Crippen LogP contribution in [0.15, 0.2) is 48.5 Å². The molecule has 5 nitrogen and oxygen atoms in total. The van der Waals surface area contributed by atoms with Gasteiger partial charge in [0.05, 0.1) is 4.92 Å². The second-order valence-corrected chi connectivity index (χ2v) is 5.13. The second-order valence-electron chi connectivity index (χ2n) is 5.13. The van der Waals surface area contributed by atoms with Gasteiger partial charge in [0, 0.05) is 17.8 Å². The predicted molar refractivity (Wildman–Crippen MR) is 79.5 cm³/mol. The summed E-state index contributed by atoms with van der Waals surface area (Å²) >= 11 is 0. The zero-order valence-electron chi connectivity index (χ0n) is 11.5. The molecule has 1 amide bonds. The molecule has 0 aromatic heterocycles. The van der Waals surface area contributed by atoms with Crippen molar-refractivity contribution in [2.24, 2.45) is 0 Å². The normalized spacial score (nSPS) is 16.6. The molecule has 1 aliphatic rings. The molecule has 1 heterocycles. The van der Waals surface area contributed by atoms with E-state index < -0.39 is 4.92 Å². The van der Waals surface area contributed by atoms with Crippen LogP contribution in [0.25, 0.3) is 0 Å². The van der Waals surface area contributed by atoms with E-state index in [0.717, 1.165) is 17.7 Å². The van der Waals surface area contributed by atoms with E-state index in [1.165, 1.54) is 12.1 Å². The molecule has 0 bridgehead atoms. The monoisotopic (exact) mass is 282 g/mol. The number of amides is 1. The Morgan fingerprint density at radius 2 is 1.86 bits per heavy atom. The summed E-state index contributed by atoms with van der Waals surface area (Å²) in [5, 5.41) is 11.1. The van der Waals surface area contributed by atoms with Gasteiger partial charge in [-0.3, -0.25) is 14.9 Å². The Kier molecular flexibility index (Phi) is 3.17. The number of rotatable bonds is 2. The van der Waals surface area contributed by atoms with Crippen molar-refractivity contribution in [1.29, 1.82) is 0 Å². The van der Waals surface area contributed by atoms with Gasteiger partial charge in [-0.15, -0.1) is 0 Å². The number of hydrogen-bond donors (Lipinski definition) is 0. The minimum atomic E-state index is -0.514. The molecular formula is C16H14N2O3. The van der Waals surface area contributed by atoms with Crippen molar-refractivity contribution in [3.8, 4) is 0 Å². The smallest absolute Gasteiger partial charge is 0.282 e. The van der Waals surface area contributed by atoms with Crippen molar-refractivity contribution in [2.45, 2.75) is 19.4 Å². The summed E-state index contributed by atoms with van der Waals surface area (Å²) < 4.78 is 0. The van der Waals surface area contributed by atoms with Crippen LogP contribution in [0.1, 0.15) is 22.8 Å². The predicted octanol–water partition coefficient (Wildman–Crippen LogP) is 3.19. The fraction of sp³-hybridized carbons (Fsp3) is 0.188. The van der Waals surface area contributed by atoms with Crippen LogP contribution in [0.3, 0.4) is 0 Å². The van der Waals surface area contributed by atoms with E-state index in [1.807, 2.05) is 31.2 Å². The largest absolute Gasteiger partial charge is 0.305 e. The highest BCUT2D eigenvalue weighted by molar-refractivity contribution is 6.10. The molecule has 106 valence electrons. The number of benzene rings is 2. The van der Waals surface area contributed by atoms with E-state index in [0.29, 0.717) is 0 Å². The van der Waals surface area contributed by atoms with Crippen molar-refractivity contribution in [1.82, 2.24) is 0 Å². The van der Waals surface area contributed by atoms with E-state index in [1.54, 1.807) is 17.0 Å². The standard InChI is InChI=1S/C16H14N2O3/c1-11-10-12-6-2-4-8-14(12)17(11)16(19)13-7-3-5-9-15(13)18(20)21/h2-9,11H,10H2,1H3. The van der Waals surface area contributed by atoms with Crippen LogP contribution in [0.5, 0.6) is 0 Å². The lowest BCUT2D eigenvalue weighted by Gasteiger charge is -2.22. The number of nitro benzene ring substituents is 1. The van der Waals surface area contributed by atoms with Crippen LogP contribution in [0.2, 0.25) is 0 Å². The van der Waals surface area contributed by atoms with E-state index in [-0.39, 0.29) is 23.2 Å². The van der Waals surface area contributed by atoms with Gasteiger partial charge in [0.25, 0.3) is 11.6 Å². The van der Waals surface area contributed by atoms with Gasteiger partial charge in [-0.1, -0.05) is 30.3 Å². The molecule has 1 unspecified atom stereocenters. The molecule has 21 heavy (non-hydrogen) atoms. The number of para-hydroxylation sites is 2. The van der Waals surface area contributed by atoms with Crippen LogP contribution in [-0.2, 0) is 6.42 Å². The topological polar surface area (TPSA) is 63.5 Å². The summed E-state index contributed by atoms with van der Waals surface area (Å²) in [5.74, 6) is -0.320.